The van der Waals surface area contributed by atoms with E-state index in [0.29, 0.717) is 5.02 Å². The molecular formula is C21H16BrCl. The lowest BCUT2D eigenvalue weighted by Crippen LogP contribution is -2.21. The molecule has 23 heavy (non-hydrogen) atoms. The summed E-state index contributed by atoms with van der Waals surface area (Å²) >= 11 is 10.2. The first kappa shape index (κ1) is 16.3. The number of alkyl halides is 1. The van der Waals surface area contributed by atoms with Crippen molar-refractivity contribution in [1.29, 1.82) is 0 Å². The molecule has 0 saturated carbocycles. The van der Waals surface area contributed by atoms with Crippen molar-refractivity contribution in [3.8, 4) is 0 Å². The average molecular weight is 384 g/mol. The van der Waals surface area contributed by atoms with Gasteiger partial charge in [0.1, 0.15) is 4.32 Å². The summed E-state index contributed by atoms with van der Waals surface area (Å²) in [5.41, 5.74) is 5.32. The standard InChI is InChI=1S/C21H16BrCl/c1-15-6-10-17(11-7-15)21(22,18-12-8-16(2)9-13-18)19-4-3-5-20(23)14-19/h3-14H,1-2H2. The number of rotatable bonds is 3. The van der Waals surface area contributed by atoms with Gasteiger partial charge in [0.15, 0.2) is 0 Å². The van der Waals surface area contributed by atoms with Crippen molar-refractivity contribution in [2.45, 2.75) is 4.32 Å². The van der Waals surface area contributed by atoms with E-state index in [1.807, 2.05) is 42.5 Å². The molecule has 0 spiro atoms. The van der Waals surface area contributed by atoms with E-state index in [2.05, 4.69) is 60.1 Å². The summed E-state index contributed by atoms with van der Waals surface area (Å²) in [5.74, 6) is 0. The summed E-state index contributed by atoms with van der Waals surface area (Å²) in [5, 5.41) is 0.717. The Morgan fingerprint density at radius 3 is 1.61 bits per heavy atom. The van der Waals surface area contributed by atoms with Gasteiger partial charge in [-0.3, -0.25) is 0 Å². The fourth-order valence-corrected chi connectivity index (χ4v) is 3.64. The Bertz CT molecular complexity index is 759. The molecule has 0 aliphatic carbocycles. The van der Waals surface area contributed by atoms with Gasteiger partial charge in [-0.05, 0) is 53.8 Å². The molecule has 0 N–H and O–H groups in total. The molecule has 0 heterocycles. The molecule has 2 heteroatoms. The minimum atomic E-state index is -0.473. The zero-order chi connectivity index (χ0) is 16.4. The zero-order valence-electron chi connectivity index (χ0n) is 12.6. The van der Waals surface area contributed by atoms with E-state index in [-0.39, 0.29) is 0 Å². The van der Waals surface area contributed by atoms with E-state index in [1.165, 1.54) is 0 Å². The Hall–Kier alpha value is -1.57. The Kier molecular flexibility index (Phi) is 4.61. The van der Waals surface area contributed by atoms with Gasteiger partial charge in [0, 0.05) is 5.02 Å². The maximum atomic E-state index is 6.24. The molecule has 0 atom stereocenters. The highest BCUT2D eigenvalue weighted by Crippen LogP contribution is 2.45. The average Bonchev–Trinajstić information content (AvgIpc) is 2.55. The van der Waals surface area contributed by atoms with Crippen molar-refractivity contribution in [3.05, 3.63) is 119 Å². The summed E-state index contributed by atoms with van der Waals surface area (Å²) < 4.78 is -0.473. The number of benzene rings is 3. The fraction of sp³-hybridized carbons (Fsp3) is 0.0476. The highest BCUT2D eigenvalue weighted by Gasteiger charge is 2.33. The Morgan fingerprint density at radius 2 is 1.17 bits per heavy atom. The second-order valence-electron chi connectivity index (χ2n) is 5.56. The van der Waals surface area contributed by atoms with Gasteiger partial charge >= 0.3 is 0 Å². The molecule has 0 aliphatic heterocycles. The van der Waals surface area contributed by atoms with E-state index in [9.17, 15) is 0 Å². The molecule has 0 amide bonds. The Morgan fingerprint density at radius 1 is 0.696 bits per heavy atom. The van der Waals surface area contributed by atoms with Crippen molar-refractivity contribution in [3.63, 3.8) is 0 Å². The molecule has 0 aromatic heterocycles. The van der Waals surface area contributed by atoms with Crippen LogP contribution in [0.5, 0.6) is 0 Å². The third-order valence-electron chi connectivity index (χ3n) is 3.93. The first-order valence-corrected chi connectivity index (χ1v) is 8.47. The maximum absolute atomic E-state index is 6.24. The molecule has 0 aliphatic rings. The molecular weight excluding hydrogens is 368 g/mol. The number of hydrogen-bond donors (Lipinski definition) is 0. The second kappa shape index (κ2) is 6.51. The predicted octanol–water partition coefficient (Wildman–Crippen LogP) is 6.39. The van der Waals surface area contributed by atoms with Crippen LogP contribution in [0.15, 0.2) is 72.8 Å². The molecule has 0 nitrogen and oxygen atoms in total. The largest absolute Gasteiger partial charge is 0.100 e. The smallest absolute Gasteiger partial charge is 0.0843 e. The van der Waals surface area contributed by atoms with Gasteiger partial charge in [0.05, 0.1) is 0 Å². The minimum Gasteiger partial charge on any atom is -0.0843 e. The van der Waals surface area contributed by atoms with E-state index >= 15 is 0 Å². The van der Waals surface area contributed by atoms with Crippen LogP contribution in [0, 0.1) is 13.8 Å². The van der Waals surface area contributed by atoms with Gasteiger partial charge in [-0.15, -0.1) is 0 Å². The van der Waals surface area contributed by atoms with Crippen molar-refractivity contribution < 1.29 is 0 Å². The summed E-state index contributed by atoms with van der Waals surface area (Å²) in [6.45, 7) is 7.94. The van der Waals surface area contributed by atoms with Gasteiger partial charge in [0.25, 0.3) is 0 Å². The molecule has 3 aromatic carbocycles. The summed E-state index contributed by atoms with van der Waals surface area (Å²) in [6.07, 6.45) is 0. The van der Waals surface area contributed by atoms with Crippen LogP contribution in [0.3, 0.4) is 0 Å². The second-order valence-corrected chi connectivity index (χ2v) is 7.19. The molecule has 3 aromatic rings. The number of hydrogen-bond acceptors (Lipinski definition) is 0. The van der Waals surface area contributed by atoms with Crippen LogP contribution in [-0.2, 0) is 4.32 Å². The summed E-state index contributed by atoms with van der Waals surface area (Å²) in [6, 6.07) is 24.4. The lowest BCUT2D eigenvalue weighted by Gasteiger charge is -2.30. The lowest BCUT2D eigenvalue weighted by molar-refractivity contribution is 0.916. The van der Waals surface area contributed by atoms with Crippen LogP contribution in [-0.4, -0.2) is 0 Å². The van der Waals surface area contributed by atoms with Crippen LogP contribution in [0.4, 0.5) is 0 Å². The minimum absolute atomic E-state index is 0.473. The van der Waals surface area contributed by atoms with Crippen LogP contribution >= 0.6 is 27.5 Å². The van der Waals surface area contributed by atoms with Crippen LogP contribution < -0.4 is 0 Å². The Balaban J connectivity index is 2.24. The van der Waals surface area contributed by atoms with Crippen LogP contribution in [0.25, 0.3) is 0 Å². The van der Waals surface area contributed by atoms with Gasteiger partial charge in [-0.25, -0.2) is 0 Å². The summed E-state index contributed by atoms with van der Waals surface area (Å²) in [4.78, 5) is 0. The van der Waals surface area contributed by atoms with Gasteiger partial charge in [0.2, 0.25) is 0 Å². The molecule has 0 fully saturated rings. The molecule has 114 valence electrons. The zero-order valence-corrected chi connectivity index (χ0v) is 14.9. The molecule has 3 rings (SSSR count). The third kappa shape index (κ3) is 3.22. The maximum Gasteiger partial charge on any atom is 0.100 e. The molecule has 2 radical (unpaired) electrons. The molecule has 0 saturated heterocycles. The summed E-state index contributed by atoms with van der Waals surface area (Å²) in [7, 11) is 0. The first-order chi connectivity index (χ1) is 11.0. The quantitative estimate of drug-likeness (QED) is 0.363. The van der Waals surface area contributed by atoms with Crippen molar-refractivity contribution in [2.75, 3.05) is 0 Å². The van der Waals surface area contributed by atoms with Crippen molar-refractivity contribution >= 4 is 27.5 Å². The van der Waals surface area contributed by atoms with Crippen LogP contribution in [0.2, 0.25) is 5.02 Å². The van der Waals surface area contributed by atoms with E-state index in [0.717, 1.165) is 27.8 Å². The highest BCUT2D eigenvalue weighted by atomic mass is 79.9. The SMILES string of the molecule is [CH2]c1ccc(C(Br)(c2ccc([CH2])cc2)c2cccc(Cl)c2)cc1. The molecule has 0 bridgehead atoms. The highest BCUT2D eigenvalue weighted by molar-refractivity contribution is 9.10. The lowest BCUT2D eigenvalue weighted by atomic mass is 9.84. The first-order valence-electron chi connectivity index (χ1n) is 7.30. The van der Waals surface area contributed by atoms with E-state index < -0.39 is 4.32 Å². The Labute approximate surface area is 151 Å². The number of halogens is 2. The van der Waals surface area contributed by atoms with E-state index in [4.69, 9.17) is 11.6 Å². The van der Waals surface area contributed by atoms with Gasteiger partial charge in [-0.2, -0.15) is 0 Å². The van der Waals surface area contributed by atoms with Gasteiger partial charge < -0.3 is 0 Å². The van der Waals surface area contributed by atoms with Crippen molar-refractivity contribution in [2.24, 2.45) is 0 Å². The fourth-order valence-electron chi connectivity index (χ4n) is 2.67. The monoisotopic (exact) mass is 382 g/mol. The third-order valence-corrected chi connectivity index (χ3v) is 5.53. The van der Waals surface area contributed by atoms with Crippen LogP contribution in [0.1, 0.15) is 27.8 Å². The van der Waals surface area contributed by atoms with E-state index in [1.54, 1.807) is 0 Å². The normalized spacial score (nSPS) is 11.5. The topological polar surface area (TPSA) is 0 Å². The van der Waals surface area contributed by atoms with Crippen molar-refractivity contribution in [1.82, 2.24) is 0 Å². The molecule has 0 unspecified atom stereocenters. The predicted molar refractivity (Wildman–Crippen MR) is 102 cm³/mol. The van der Waals surface area contributed by atoms with Gasteiger partial charge in [-0.1, -0.05) is 88.2 Å².